The minimum atomic E-state index is -3.77. The van der Waals surface area contributed by atoms with Crippen LogP contribution in [0.2, 0.25) is 0 Å². The van der Waals surface area contributed by atoms with Gasteiger partial charge in [-0.1, -0.05) is 44.2 Å². The van der Waals surface area contributed by atoms with Gasteiger partial charge in [0.15, 0.2) is 0 Å². The lowest BCUT2D eigenvalue weighted by Gasteiger charge is -2.23. The van der Waals surface area contributed by atoms with E-state index in [0.29, 0.717) is 12.0 Å². The lowest BCUT2D eigenvalue weighted by Crippen LogP contribution is -2.23. The van der Waals surface area contributed by atoms with Crippen molar-refractivity contribution in [3.63, 3.8) is 0 Å². The van der Waals surface area contributed by atoms with E-state index < -0.39 is 25.0 Å². The average Bonchev–Trinajstić information content (AvgIpc) is 2.37. The van der Waals surface area contributed by atoms with Gasteiger partial charge in [-0.25, -0.2) is 0 Å². The number of nitrogens with two attached hydrogens (primary N) is 1. The van der Waals surface area contributed by atoms with E-state index in [1.807, 2.05) is 13.8 Å². The van der Waals surface area contributed by atoms with Crippen molar-refractivity contribution in [2.24, 2.45) is 17.6 Å². The number of carboxylic acid groups (broad SMARTS) is 1. The number of benzene rings is 1. The predicted molar refractivity (Wildman–Crippen MR) is 78.6 cm³/mol. The molecule has 0 aliphatic carbocycles. The van der Waals surface area contributed by atoms with Crippen molar-refractivity contribution in [2.45, 2.75) is 26.1 Å². The first-order valence-electron chi connectivity index (χ1n) is 6.59. The summed E-state index contributed by atoms with van der Waals surface area (Å²) in [5.41, 5.74) is 6.39. The quantitative estimate of drug-likeness (QED) is 0.672. The van der Waals surface area contributed by atoms with Gasteiger partial charge in [0.05, 0.1) is 5.92 Å². The number of carboxylic acids is 1. The van der Waals surface area contributed by atoms with Crippen LogP contribution in [-0.4, -0.2) is 22.1 Å². The number of hydrogen-bond donors (Lipinski definition) is 3. The van der Waals surface area contributed by atoms with Crippen molar-refractivity contribution in [1.82, 2.24) is 0 Å². The third-order valence-corrected chi connectivity index (χ3v) is 5.29. The largest absolute Gasteiger partial charge is 0.481 e. The molecule has 0 saturated carbocycles. The molecule has 0 amide bonds. The van der Waals surface area contributed by atoms with Crippen molar-refractivity contribution < 1.29 is 19.4 Å². The van der Waals surface area contributed by atoms with Crippen LogP contribution in [0.1, 0.15) is 31.6 Å². The van der Waals surface area contributed by atoms with Crippen molar-refractivity contribution >= 4 is 13.3 Å². The van der Waals surface area contributed by atoms with Gasteiger partial charge in [-0.2, -0.15) is 0 Å². The predicted octanol–water partition coefficient (Wildman–Crippen LogP) is 2.66. The Labute approximate surface area is 119 Å². The summed E-state index contributed by atoms with van der Waals surface area (Å²) < 4.78 is 12.4. The Morgan fingerprint density at radius 1 is 1.30 bits per heavy atom. The first-order valence-corrected chi connectivity index (χ1v) is 8.50. The van der Waals surface area contributed by atoms with Gasteiger partial charge in [0.25, 0.3) is 0 Å². The summed E-state index contributed by atoms with van der Waals surface area (Å²) in [6, 6.07) is 8.60. The molecule has 1 unspecified atom stereocenters. The molecule has 20 heavy (non-hydrogen) atoms. The van der Waals surface area contributed by atoms with Crippen LogP contribution in [0.25, 0.3) is 0 Å². The molecule has 1 rings (SSSR count). The van der Waals surface area contributed by atoms with Gasteiger partial charge in [-0.15, -0.1) is 0 Å². The Morgan fingerprint density at radius 2 is 1.85 bits per heavy atom. The first-order chi connectivity index (χ1) is 9.24. The van der Waals surface area contributed by atoms with Crippen molar-refractivity contribution in [3.05, 3.63) is 35.9 Å². The summed E-state index contributed by atoms with van der Waals surface area (Å²) in [6.07, 6.45) is 0.0674. The normalized spacial score (nSPS) is 17.4. The molecule has 6 heteroatoms. The zero-order valence-electron chi connectivity index (χ0n) is 11.8. The third kappa shape index (κ3) is 4.75. The Kier molecular flexibility index (Phi) is 5.93. The molecule has 0 aromatic heterocycles. The van der Waals surface area contributed by atoms with E-state index in [-0.39, 0.29) is 12.1 Å². The number of carbonyl (C=O) groups is 1. The second-order valence-electron chi connectivity index (χ2n) is 5.46. The Balaban J connectivity index is 2.87. The van der Waals surface area contributed by atoms with E-state index in [1.54, 1.807) is 30.3 Å². The molecule has 0 radical (unpaired) electrons. The summed E-state index contributed by atoms with van der Waals surface area (Å²) in [4.78, 5) is 21.3. The maximum atomic E-state index is 12.4. The molecule has 112 valence electrons. The van der Waals surface area contributed by atoms with Gasteiger partial charge >= 0.3 is 5.97 Å². The minimum Gasteiger partial charge on any atom is -0.481 e. The third-order valence-electron chi connectivity index (χ3n) is 3.16. The number of aliphatic carboxylic acids is 1. The molecule has 0 saturated heterocycles. The highest BCUT2D eigenvalue weighted by atomic mass is 31.2. The maximum Gasteiger partial charge on any atom is 0.307 e. The lowest BCUT2D eigenvalue weighted by molar-refractivity contribution is -0.141. The summed E-state index contributed by atoms with van der Waals surface area (Å²) in [5.74, 6) is -2.80. The molecule has 1 aromatic carbocycles. The summed E-state index contributed by atoms with van der Waals surface area (Å²) in [5, 5.41) is 9.16. The van der Waals surface area contributed by atoms with Crippen LogP contribution in [0.4, 0.5) is 0 Å². The van der Waals surface area contributed by atoms with Crippen LogP contribution < -0.4 is 5.73 Å². The van der Waals surface area contributed by atoms with Crippen molar-refractivity contribution in [2.75, 3.05) is 6.16 Å². The van der Waals surface area contributed by atoms with E-state index in [2.05, 4.69) is 0 Å². The molecule has 5 nitrogen and oxygen atoms in total. The molecule has 0 fully saturated rings. The molecule has 0 aliphatic rings. The van der Waals surface area contributed by atoms with E-state index >= 15 is 0 Å². The summed E-state index contributed by atoms with van der Waals surface area (Å²) >= 11 is 0. The minimum absolute atomic E-state index is 0.143. The zero-order valence-corrected chi connectivity index (χ0v) is 12.7. The molecule has 3 atom stereocenters. The second kappa shape index (κ2) is 7.02. The van der Waals surface area contributed by atoms with Crippen LogP contribution in [0, 0.1) is 11.8 Å². The standard InChI is InChI=1S/C14H22NO4P/c1-10(2)8-12(14(16)17)9-20(18,19)13(15)11-6-4-3-5-7-11/h3-7,10,12-13H,8-9,15H2,1-2H3,(H,16,17)(H,18,19)/t12-,13-/m1/s1. The van der Waals surface area contributed by atoms with Gasteiger partial charge < -0.3 is 15.7 Å². The molecule has 0 aliphatic heterocycles. The van der Waals surface area contributed by atoms with E-state index in [0.717, 1.165) is 0 Å². The molecule has 4 N–H and O–H groups in total. The zero-order chi connectivity index (χ0) is 15.3. The fourth-order valence-electron chi connectivity index (χ4n) is 2.13. The molecule has 0 bridgehead atoms. The Hall–Kier alpha value is -1.16. The lowest BCUT2D eigenvalue weighted by atomic mass is 9.99. The highest BCUT2D eigenvalue weighted by Gasteiger charge is 2.35. The highest BCUT2D eigenvalue weighted by Crippen LogP contribution is 2.54. The fourth-order valence-corrected chi connectivity index (χ4v) is 3.94. The van der Waals surface area contributed by atoms with Gasteiger partial charge in [0.1, 0.15) is 5.78 Å². The highest BCUT2D eigenvalue weighted by molar-refractivity contribution is 7.58. The van der Waals surface area contributed by atoms with Crippen LogP contribution in [0.15, 0.2) is 30.3 Å². The number of hydrogen-bond acceptors (Lipinski definition) is 3. The van der Waals surface area contributed by atoms with E-state index in [9.17, 15) is 14.3 Å². The van der Waals surface area contributed by atoms with Gasteiger partial charge in [0, 0.05) is 6.16 Å². The fraction of sp³-hybridized carbons (Fsp3) is 0.500. The number of rotatable bonds is 7. The van der Waals surface area contributed by atoms with E-state index in [4.69, 9.17) is 10.8 Å². The van der Waals surface area contributed by atoms with Crippen molar-refractivity contribution in [3.8, 4) is 0 Å². The molecule has 0 spiro atoms. The topological polar surface area (TPSA) is 101 Å². The SMILES string of the molecule is CC(C)C[C@H](CP(=O)(O)[C@@H](N)c1ccccc1)C(=O)O. The van der Waals surface area contributed by atoms with Crippen LogP contribution >= 0.6 is 7.37 Å². The van der Waals surface area contributed by atoms with Crippen LogP contribution in [0.3, 0.4) is 0 Å². The van der Waals surface area contributed by atoms with Gasteiger partial charge in [-0.3, -0.25) is 9.36 Å². The monoisotopic (exact) mass is 299 g/mol. The van der Waals surface area contributed by atoms with E-state index in [1.165, 1.54) is 0 Å². The smallest absolute Gasteiger partial charge is 0.307 e. The molecule has 0 heterocycles. The molecular weight excluding hydrogens is 277 g/mol. The summed E-state index contributed by atoms with van der Waals surface area (Å²) in [6.45, 7) is 3.77. The molecular formula is C14H22NO4P. The average molecular weight is 299 g/mol. The second-order valence-corrected chi connectivity index (χ2v) is 7.89. The first kappa shape index (κ1) is 16.9. The Bertz CT molecular complexity index is 489. The summed E-state index contributed by atoms with van der Waals surface area (Å²) in [7, 11) is -3.77. The van der Waals surface area contributed by atoms with Gasteiger partial charge in [0.2, 0.25) is 7.37 Å². The molecule has 1 aromatic rings. The van der Waals surface area contributed by atoms with Crippen molar-refractivity contribution in [1.29, 1.82) is 0 Å². The maximum absolute atomic E-state index is 12.4. The van der Waals surface area contributed by atoms with Gasteiger partial charge in [-0.05, 0) is 17.9 Å². The van der Waals surface area contributed by atoms with Crippen LogP contribution in [0.5, 0.6) is 0 Å². The Morgan fingerprint density at radius 3 is 2.30 bits per heavy atom. The van der Waals surface area contributed by atoms with Crippen LogP contribution in [-0.2, 0) is 9.36 Å².